The Bertz CT molecular complexity index is 1450. The molecule has 2 aromatic heterocycles. The number of hydrogen-bond acceptors (Lipinski definition) is 10. The van der Waals surface area contributed by atoms with Crippen molar-refractivity contribution in [3.63, 3.8) is 0 Å². The SMILES string of the molecule is C=C(OCC)OC(C)Oc1c(C(=O)NCc2ccc(F)cc2)nc(C(C)(C)NC(=O)c2nnc(C)o2)n(C)c1=O. The normalized spacial score (nSPS) is 11.9. The van der Waals surface area contributed by atoms with Crippen LogP contribution in [-0.4, -0.2) is 44.5 Å². The molecule has 0 spiro atoms. The second-order valence-corrected chi connectivity index (χ2v) is 9.10. The van der Waals surface area contributed by atoms with Gasteiger partial charge in [-0.2, -0.15) is 0 Å². The zero-order valence-electron chi connectivity index (χ0n) is 23.0. The maximum Gasteiger partial charge on any atom is 0.309 e. The summed E-state index contributed by atoms with van der Waals surface area (Å²) in [5.41, 5.74) is -1.80. The molecule has 1 aromatic carbocycles. The summed E-state index contributed by atoms with van der Waals surface area (Å²) in [6.45, 7) is 11.8. The molecule has 0 aliphatic heterocycles. The van der Waals surface area contributed by atoms with E-state index < -0.39 is 40.8 Å². The molecule has 0 bridgehead atoms. The molecule has 0 radical (unpaired) electrons. The number of benzene rings is 1. The Hall–Kier alpha value is -4.75. The van der Waals surface area contributed by atoms with Crippen LogP contribution < -0.4 is 20.9 Å². The molecule has 0 fully saturated rings. The number of amides is 2. The first-order valence-corrected chi connectivity index (χ1v) is 12.2. The van der Waals surface area contributed by atoms with Crippen LogP contribution in [0.25, 0.3) is 0 Å². The number of halogens is 1. The maximum atomic E-state index is 13.5. The van der Waals surface area contributed by atoms with Gasteiger partial charge in [0.15, 0.2) is 5.69 Å². The van der Waals surface area contributed by atoms with Gasteiger partial charge in [-0.25, -0.2) is 9.37 Å². The first-order chi connectivity index (χ1) is 18.8. The molecule has 2 N–H and O–H groups in total. The summed E-state index contributed by atoms with van der Waals surface area (Å²) in [6.07, 6.45) is -1.09. The number of aromatic nitrogens is 4. The van der Waals surface area contributed by atoms with Gasteiger partial charge in [0.25, 0.3) is 17.4 Å². The molecule has 1 atom stereocenters. The molecular formula is C26H31FN6O7. The molecule has 2 heterocycles. The maximum absolute atomic E-state index is 13.5. The number of rotatable bonds is 12. The van der Waals surface area contributed by atoms with Crippen LogP contribution in [0, 0.1) is 12.7 Å². The van der Waals surface area contributed by atoms with Crippen molar-refractivity contribution in [2.75, 3.05) is 6.61 Å². The molecule has 214 valence electrons. The molecule has 0 aliphatic carbocycles. The fourth-order valence-corrected chi connectivity index (χ4v) is 3.62. The number of hydrogen-bond donors (Lipinski definition) is 2. The smallest absolute Gasteiger partial charge is 0.309 e. The van der Waals surface area contributed by atoms with Gasteiger partial charge in [0.05, 0.1) is 12.1 Å². The van der Waals surface area contributed by atoms with Gasteiger partial charge < -0.3 is 29.3 Å². The average Bonchev–Trinajstić information content (AvgIpc) is 3.32. The van der Waals surface area contributed by atoms with Gasteiger partial charge in [0, 0.05) is 27.4 Å². The van der Waals surface area contributed by atoms with E-state index >= 15 is 0 Å². The summed E-state index contributed by atoms with van der Waals surface area (Å²) in [6, 6.07) is 5.52. The zero-order valence-corrected chi connectivity index (χ0v) is 23.0. The highest BCUT2D eigenvalue weighted by atomic mass is 19.1. The Morgan fingerprint density at radius 1 is 1.20 bits per heavy atom. The lowest BCUT2D eigenvalue weighted by Crippen LogP contribution is -2.46. The van der Waals surface area contributed by atoms with Crippen molar-refractivity contribution in [3.05, 3.63) is 81.8 Å². The lowest BCUT2D eigenvalue weighted by atomic mass is 10.0. The molecule has 0 saturated heterocycles. The molecule has 14 heteroatoms. The molecule has 0 aliphatic rings. The van der Waals surface area contributed by atoms with Crippen LogP contribution in [0.2, 0.25) is 0 Å². The van der Waals surface area contributed by atoms with Crippen LogP contribution in [0.3, 0.4) is 0 Å². The summed E-state index contributed by atoms with van der Waals surface area (Å²) in [7, 11) is 1.41. The molecule has 13 nitrogen and oxygen atoms in total. The van der Waals surface area contributed by atoms with E-state index in [1.165, 1.54) is 45.2 Å². The highest BCUT2D eigenvalue weighted by molar-refractivity contribution is 5.95. The number of carbonyl (C=O) groups is 2. The number of nitrogens with one attached hydrogen (secondary N) is 2. The Balaban J connectivity index is 1.99. The number of carbonyl (C=O) groups excluding carboxylic acids is 2. The molecule has 3 aromatic rings. The van der Waals surface area contributed by atoms with Crippen molar-refractivity contribution >= 4 is 11.8 Å². The fourth-order valence-electron chi connectivity index (χ4n) is 3.62. The van der Waals surface area contributed by atoms with Crippen LogP contribution >= 0.6 is 0 Å². The zero-order chi connectivity index (χ0) is 29.6. The van der Waals surface area contributed by atoms with E-state index in [9.17, 15) is 18.8 Å². The third-order valence-electron chi connectivity index (χ3n) is 5.42. The molecule has 0 saturated carbocycles. The number of nitrogens with zero attached hydrogens (tertiary/aromatic N) is 4. The van der Waals surface area contributed by atoms with Crippen LogP contribution in [0.5, 0.6) is 5.75 Å². The number of ether oxygens (including phenoxy) is 3. The minimum atomic E-state index is -1.30. The van der Waals surface area contributed by atoms with Gasteiger partial charge in [-0.3, -0.25) is 19.0 Å². The minimum absolute atomic E-state index is 0.00855. The van der Waals surface area contributed by atoms with E-state index in [1.54, 1.807) is 20.8 Å². The van der Waals surface area contributed by atoms with Gasteiger partial charge in [0.1, 0.15) is 11.6 Å². The van der Waals surface area contributed by atoms with Crippen molar-refractivity contribution in [1.82, 2.24) is 30.4 Å². The fraction of sp³-hybridized carbons (Fsp3) is 0.385. The van der Waals surface area contributed by atoms with E-state index in [0.29, 0.717) is 12.2 Å². The monoisotopic (exact) mass is 558 g/mol. The second kappa shape index (κ2) is 12.4. The predicted octanol–water partition coefficient (Wildman–Crippen LogP) is 2.46. The standard InChI is InChI=1S/C26H31FN6O7/c1-8-37-15(3)39-16(4)40-20-19(21(34)28-13-17-9-11-18(27)12-10-17)29-25(33(7)24(20)36)26(5,6)30-22(35)23-32-31-14(2)38-23/h9-12,16H,3,8,13H2,1-2,4-7H3,(H,28,34)(H,30,35). The van der Waals surface area contributed by atoms with E-state index in [2.05, 4.69) is 32.4 Å². The van der Waals surface area contributed by atoms with Gasteiger partial charge in [-0.1, -0.05) is 12.1 Å². The summed E-state index contributed by atoms with van der Waals surface area (Å²) in [4.78, 5) is 44.0. The molecule has 40 heavy (non-hydrogen) atoms. The molecule has 1 unspecified atom stereocenters. The van der Waals surface area contributed by atoms with Gasteiger partial charge >= 0.3 is 11.8 Å². The van der Waals surface area contributed by atoms with Gasteiger partial charge in [0.2, 0.25) is 17.9 Å². The van der Waals surface area contributed by atoms with E-state index in [1.807, 2.05) is 0 Å². The van der Waals surface area contributed by atoms with Gasteiger partial charge in [-0.05, 0) is 45.0 Å². The second-order valence-electron chi connectivity index (χ2n) is 9.10. The average molecular weight is 559 g/mol. The minimum Gasteiger partial charge on any atom is -0.466 e. The Kier molecular flexibility index (Phi) is 9.24. The third kappa shape index (κ3) is 7.21. The molecule has 3 rings (SSSR count). The number of aryl methyl sites for hydroxylation is 1. The van der Waals surface area contributed by atoms with Gasteiger partial charge in [-0.15, -0.1) is 10.2 Å². The predicted molar refractivity (Wildman–Crippen MR) is 139 cm³/mol. The Morgan fingerprint density at radius 2 is 1.88 bits per heavy atom. The highest BCUT2D eigenvalue weighted by Crippen LogP contribution is 2.22. The van der Waals surface area contributed by atoms with E-state index in [-0.39, 0.29) is 35.8 Å². The molecule has 2 amide bonds. The summed E-state index contributed by atoms with van der Waals surface area (Å²) in [5, 5.41) is 12.7. The van der Waals surface area contributed by atoms with Crippen molar-refractivity contribution in [2.24, 2.45) is 7.05 Å². The Labute approximate surface area is 229 Å². The Morgan fingerprint density at radius 3 is 2.48 bits per heavy atom. The molecular weight excluding hydrogens is 527 g/mol. The van der Waals surface area contributed by atoms with Crippen molar-refractivity contribution in [3.8, 4) is 5.75 Å². The van der Waals surface area contributed by atoms with E-state index in [0.717, 1.165) is 4.57 Å². The lowest BCUT2D eigenvalue weighted by Gasteiger charge is -2.28. The third-order valence-corrected chi connectivity index (χ3v) is 5.42. The summed E-state index contributed by atoms with van der Waals surface area (Å²) < 4.78 is 35.8. The largest absolute Gasteiger partial charge is 0.466 e. The topological polar surface area (TPSA) is 160 Å². The quantitative estimate of drug-likeness (QED) is 0.250. The lowest BCUT2D eigenvalue weighted by molar-refractivity contribution is -0.0860. The van der Waals surface area contributed by atoms with Crippen molar-refractivity contribution in [2.45, 2.75) is 53.0 Å². The van der Waals surface area contributed by atoms with Crippen LogP contribution in [0.4, 0.5) is 4.39 Å². The summed E-state index contributed by atoms with van der Waals surface area (Å²) in [5.74, 6) is -2.41. The summed E-state index contributed by atoms with van der Waals surface area (Å²) >= 11 is 0. The first-order valence-electron chi connectivity index (χ1n) is 12.2. The van der Waals surface area contributed by atoms with Crippen molar-refractivity contribution in [1.29, 1.82) is 0 Å². The van der Waals surface area contributed by atoms with Crippen LogP contribution in [0.15, 0.2) is 46.0 Å². The van der Waals surface area contributed by atoms with E-state index in [4.69, 9.17) is 18.6 Å². The van der Waals surface area contributed by atoms with Crippen LogP contribution in [-0.2, 0) is 28.6 Å². The van der Waals surface area contributed by atoms with Crippen LogP contribution in [0.1, 0.15) is 66.1 Å². The first kappa shape index (κ1) is 29.8. The van der Waals surface area contributed by atoms with Crippen molar-refractivity contribution < 1.29 is 32.6 Å². The highest BCUT2D eigenvalue weighted by Gasteiger charge is 2.33.